The SMILES string of the molecule is CCCCCC(C=C[C@@H]1CC[C@]2(COC(C)(C)CO2)C1C(C)C=O)OC1CCCCO1. The molecule has 2 heterocycles. The van der Waals surface area contributed by atoms with Crippen LogP contribution in [0.4, 0.5) is 0 Å². The molecule has 0 amide bonds. The van der Waals surface area contributed by atoms with E-state index in [1.165, 1.54) is 19.3 Å². The zero-order chi connectivity index (χ0) is 22.3. The Morgan fingerprint density at radius 2 is 1.97 bits per heavy atom. The van der Waals surface area contributed by atoms with Crippen molar-refractivity contribution < 1.29 is 23.7 Å². The van der Waals surface area contributed by atoms with Gasteiger partial charge in [-0.25, -0.2) is 0 Å². The zero-order valence-electron chi connectivity index (χ0n) is 20.1. The van der Waals surface area contributed by atoms with E-state index in [0.717, 1.165) is 51.4 Å². The number of carbonyl (C=O) groups is 1. The highest BCUT2D eigenvalue weighted by molar-refractivity contribution is 5.54. The number of carbonyl (C=O) groups excluding carboxylic acids is 1. The second kappa shape index (κ2) is 11.4. The molecule has 1 spiro atoms. The smallest absolute Gasteiger partial charge is 0.158 e. The van der Waals surface area contributed by atoms with Gasteiger partial charge in [0, 0.05) is 18.4 Å². The van der Waals surface area contributed by atoms with Crippen molar-refractivity contribution in [2.24, 2.45) is 17.8 Å². The number of hydrogen-bond donors (Lipinski definition) is 0. The Bertz CT molecular complexity index is 570. The van der Waals surface area contributed by atoms with Crippen molar-refractivity contribution in [2.75, 3.05) is 19.8 Å². The Kier molecular flexibility index (Phi) is 9.15. The minimum atomic E-state index is -0.351. The number of unbranched alkanes of at least 4 members (excludes halogenated alkanes) is 2. The van der Waals surface area contributed by atoms with E-state index in [4.69, 9.17) is 18.9 Å². The largest absolute Gasteiger partial charge is 0.370 e. The molecule has 31 heavy (non-hydrogen) atoms. The molecule has 0 radical (unpaired) electrons. The predicted octanol–water partition coefficient (Wildman–Crippen LogP) is 5.46. The maximum absolute atomic E-state index is 11.8. The van der Waals surface area contributed by atoms with E-state index in [-0.39, 0.29) is 35.4 Å². The topological polar surface area (TPSA) is 54.0 Å². The molecule has 1 saturated carbocycles. The van der Waals surface area contributed by atoms with Crippen molar-refractivity contribution in [3.05, 3.63) is 12.2 Å². The van der Waals surface area contributed by atoms with Gasteiger partial charge in [0.2, 0.25) is 0 Å². The molecule has 2 aliphatic heterocycles. The summed E-state index contributed by atoms with van der Waals surface area (Å²) in [5, 5.41) is 0. The zero-order valence-corrected chi connectivity index (χ0v) is 20.1. The Labute approximate surface area is 189 Å². The monoisotopic (exact) mass is 436 g/mol. The van der Waals surface area contributed by atoms with Crippen molar-refractivity contribution in [1.29, 1.82) is 0 Å². The van der Waals surface area contributed by atoms with Crippen LogP contribution in [0.3, 0.4) is 0 Å². The fourth-order valence-corrected chi connectivity index (χ4v) is 5.46. The molecule has 2 saturated heterocycles. The van der Waals surface area contributed by atoms with E-state index in [2.05, 4.69) is 32.9 Å². The van der Waals surface area contributed by atoms with E-state index in [0.29, 0.717) is 19.1 Å². The summed E-state index contributed by atoms with van der Waals surface area (Å²) in [5.74, 6) is 0.372. The van der Waals surface area contributed by atoms with Crippen LogP contribution < -0.4 is 0 Å². The molecular weight excluding hydrogens is 392 g/mol. The number of hydrogen-bond acceptors (Lipinski definition) is 5. The average Bonchev–Trinajstić information content (AvgIpc) is 3.13. The van der Waals surface area contributed by atoms with Crippen LogP contribution in [0.1, 0.15) is 85.5 Å². The first-order chi connectivity index (χ1) is 14.9. The minimum absolute atomic E-state index is 0.0666. The van der Waals surface area contributed by atoms with Crippen LogP contribution in [0.2, 0.25) is 0 Å². The third-order valence-electron chi connectivity index (χ3n) is 7.29. The lowest BCUT2D eigenvalue weighted by Gasteiger charge is -2.46. The first kappa shape index (κ1) is 24.9. The molecule has 5 heteroatoms. The number of aldehydes is 1. The highest BCUT2D eigenvalue weighted by atomic mass is 16.7. The molecule has 3 aliphatic rings. The van der Waals surface area contributed by atoms with E-state index < -0.39 is 0 Å². The van der Waals surface area contributed by atoms with Gasteiger partial charge in [-0.1, -0.05) is 45.3 Å². The van der Waals surface area contributed by atoms with E-state index in [1.807, 2.05) is 6.92 Å². The van der Waals surface area contributed by atoms with Gasteiger partial charge in [-0.15, -0.1) is 0 Å². The predicted molar refractivity (Wildman–Crippen MR) is 122 cm³/mol. The van der Waals surface area contributed by atoms with Gasteiger partial charge in [-0.2, -0.15) is 0 Å². The van der Waals surface area contributed by atoms with Crippen LogP contribution in [0.25, 0.3) is 0 Å². The molecule has 0 N–H and O–H groups in total. The summed E-state index contributed by atoms with van der Waals surface area (Å²) in [6, 6.07) is 0. The Morgan fingerprint density at radius 1 is 1.13 bits per heavy atom. The van der Waals surface area contributed by atoms with Gasteiger partial charge in [0.15, 0.2) is 6.29 Å². The highest BCUT2D eigenvalue weighted by Crippen LogP contribution is 2.49. The molecule has 5 nitrogen and oxygen atoms in total. The van der Waals surface area contributed by atoms with Gasteiger partial charge >= 0.3 is 0 Å². The van der Waals surface area contributed by atoms with Crippen LogP contribution in [0.5, 0.6) is 0 Å². The van der Waals surface area contributed by atoms with Crippen LogP contribution >= 0.6 is 0 Å². The van der Waals surface area contributed by atoms with Gasteiger partial charge in [0.25, 0.3) is 0 Å². The lowest BCUT2D eigenvalue weighted by atomic mass is 9.76. The standard InChI is InChI=1S/C26H44O5/c1-5-6-7-10-22(31-23-11-8-9-16-28-23)13-12-21-14-15-26(24(21)20(2)17-27)19-29-25(3,4)18-30-26/h12-13,17,20-24H,5-11,14-16,18-19H2,1-4H3/t20?,21-,22?,23?,24?,26+/m1/s1. The summed E-state index contributed by atoms with van der Waals surface area (Å²) in [6.45, 7) is 10.3. The minimum Gasteiger partial charge on any atom is -0.370 e. The molecule has 178 valence electrons. The van der Waals surface area contributed by atoms with Crippen molar-refractivity contribution >= 4 is 6.29 Å². The second-order valence-corrected chi connectivity index (χ2v) is 10.5. The third-order valence-corrected chi connectivity index (χ3v) is 7.29. The first-order valence-corrected chi connectivity index (χ1v) is 12.6. The summed E-state index contributed by atoms with van der Waals surface area (Å²) >= 11 is 0. The molecule has 3 rings (SSSR count). The molecule has 0 aromatic heterocycles. The summed E-state index contributed by atoms with van der Waals surface area (Å²) in [6.07, 6.45) is 15.5. The molecular formula is C26H44O5. The fourth-order valence-electron chi connectivity index (χ4n) is 5.46. The molecule has 0 aromatic carbocycles. The van der Waals surface area contributed by atoms with Crippen molar-refractivity contribution in [2.45, 2.75) is 109 Å². The highest BCUT2D eigenvalue weighted by Gasteiger charge is 2.54. The lowest BCUT2D eigenvalue weighted by Crippen LogP contribution is -2.54. The van der Waals surface area contributed by atoms with E-state index in [9.17, 15) is 4.79 Å². The summed E-state index contributed by atoms with van der Waals surface area (Å²) < 4.78 is 24.8. The van der Waals surface area contributed by atoms with E-state index in [1.54, 1.807) is 0 Å². The van der Waals surface area contributed by atoms with Gasteiger partial charge in [0.1, 0.15) is 6.29 Å². The average molecular weight is 437 g/mol. The summed E-state index contributed by atoms with van der Waals surface area (Å²) in [4.78, 5) is 11.8. The maximum Gasteiger partial charge on any atom is 0.158 e. The van der Waals surface area contributed by atoms with Crippen LogP contribution in [-0.2, 0) is 23.7 Å². The van der Waals surface area contributed by atoms with E-state index >= 15 is 0 Å². The quantitative estimate of drug-likeness (QED) is 0.259. The van der Waals surface area contributed by atoms with Crippen molar-refractivity contribution in [3.63, 3.8) is 0 Å². The normalized spacial score (nSPS) is 35.4. The van der Waals surface area contributed by atoms with Crippen molar-refractivity contribution in [3.8, 4) is 0 Å². The molecule has 4 unspecified atom stereocenters. The molecule has 6 atom stereocenters. The Hall–Kier alpha value is -0.750. The summed E-state index contributed by atoms with van der Waals surface area (Å²) in [5.41, 5.74) is -0.609. The van der Waals surface area contributed by atoms with Gasteiger partial charge in [-0.3, -0.25) is 0 Å². The second-order valence-electron chi connectivity index (χ2n) is 10.5. The molecule has 1 aliphatic carbocycles. The summed E-state index contributed by atoms with van der Waals surface area (Å²) in [7, 11) is 0. The first-order valence-electron chi connectivity index (χ1n) is 12.6. The van der Waals surface area contributed by atoms with Gasteiger partial charge in [0.05, 0.1) is 30.5 Å². The van der Waals surface area contributed by atoms with Gasteiger partial charge in [-0.05, 0) is 58.3 Å². The molecule has 0 bridgehead atoms. The van der Waals surface area contributed by atoms with Crippen molar-refractivity contribution in [1.82, 2.24) is 0 Å². The molecule has 3 fully saturated rings. The fraction of sp³-hybridized carbons (Fsp3) is 0.885. The molecule has 0 aromatic rings. The van der Waals surface area contributed by atoms with Crippen LogP contribution in [0, 0.1) is 17.8 Å². The number of ether oxygens (including phenoxy) is 4. The third kappa shape index (κ3) is 6.63. The lowest BCUT2D eigenvalue weighted by molar-refractivity contribution is -0.240. The van der Waals surface area contributed by atoms with Gasteiger partial charge < -0.3 is 23.7 Å². The van der Waals surface area contributed by atoms with Crippen LogP contribution in [-0.4, -0.2) is 49.7 Å². The maximum atomic E-state index is 11.8. The number of rotatable bonds is 10. The Balaban J connectivity index is 1.69. The van der Waals surface area contributed by atoms with Crippen LogP contribution in [0.15, 0.2) is 12.2 Å². The number of allylic oxidation sites excluding steroid dienone is 1. The Morgan fingerprint density at radius 3 is 2.61 bits per heavy atom.